The first kappa shape index (κ1) is 11.3. The minimum Gasteiger partial charge on any atom is -0.385 e. The van der Waals surface area contributed by atoms with Crippen LogP contribution in [0.2, 0.25) is 0 Å². The number of rotatable bonds is 4. The van der Waals surface area contributed by atoms with Gasteiger partial charge in [-0.15, -0.1) is 0 Å². The van der Waals surface area contributed by atoms with Crippen molar-refractivity contribution >= 4 is 11.5 Å². The molecule has 14 heavy (non-hydrogen) atoms. The second kappa shape index (κ2) is 4.66. The first-order valence-corrected chi connectivity index (χ1v) is 5.11. The monoisotopic (exact) mass is 197 g/mol. The zero-order chi connectivity index (χ0) is 10.7. The molecule has 0 aliphatic carbocycles. The summed E-state index contributed by atoms with van der Waals surface area (Å²) in [5.41, 5.74) is 6.45. The quantitative estimate of drug-likeness (QED) is 0.692. The second-order valence-electron chi connectivity index (χ2n) is 3.95. The maximum Gasteiger partial charge on any atom is 0.126 e. The largest absolute Gasteiger partial charge is 0.385 e. The van der Waals surface area contributed by atoms with Gasteiger partial charge in [-0.3, -0.25) is 4.99 Å². The van der Waals surface area contributed by atoms with E-state index in [1.54, 1.807) is 0 Å². The average molecular weight is 197 g/mol. The van der Waals surface area contributed by atoms with Crippen molar-refractivity contribution in [2.24, 2.45) is 21.6 Å². The van der Waals surface area contributed by atoms with Gasteiger partial charge in [0.1, 0.15) is 11.9 Å². The number of aliphatic hydroxyl groups is 1. The molecular formula is C10H19N3O. The number of nitrogens with zero attached hydrogens (tertiary/aromatic N) is 2. The zero-order valence-corrected chi connectivity index (χ0v) is 9.07. The van der Waals surface area contributed by atoms with Gasteiger partial charge < -0.3 is 10.8 Å². The summed E-state index contributed by atoms with van der Waals surface area (Å²) in [6.45, 7) is 6.53. The van der Waals surface area contributed by atoms with Crippen LogP contribution >= 0.6 is 0 Å². The zero-order valence-electron chi connectivity index (χ0n) is 9.07. The van der Waals surface area contributed by atoms with Crippen LogP contribution in [0.1, 0.15) is 27.2 Å². The highest BCUT2D eigenvalue weighted by atomic mass is 16.3. The van der Waals surface area contributed by atoms with Crippen molar-refractivity contribution < 1.29 is 5.11 Å². The highest BCUT2D eigenvalue weighted by Gasteiger charge is 2.23. The van der Waals surface area contributed by atoms with Crippen molar-refractivity contribution in [1.29, 1.82) is 0 Å². The van der Waals surface area contributed by atoms with E-state index in [9.17, 15) is 5.11 Å². The Kier molecular flexibility index (Phi) is 3.77. The van der Waals surface area contributed by atoms with Gasteiger partial charge in [0, 0.05) is 12.0 Å². The summed E-state index contributed by atoms with van der Waals surface area (Å²) in [5, 5.41) is 9.79. The van der Waals surface area contributed by atoms with Crippen molar-refractivity contribution in [3.63, 3.8) is 0 Å². The van der Waals surface area contributed by atoms with Gasteiger partial charge in [-0.2, -0.15) is 0 Å². The smallest absolute Gasteiger partial charge is 0.126 e. The molecule has 1 rings (SSSR count). The standard InChI is InChI=1S/C10H19N3O/c1-4-7(11)9(14)8-5-12-10(13-8)6(2)3/h6-7,9,14H,4-5,11H2,1-3H3/t7-,9?/m0/s1. The van der Waals surface area contributed by atoms with Crippen LogP contribution in [0, 0.1) is 5.92 Å². The van der Waals surface area contributed by atoms with Crippen molar-refractivity contribution in [2.45, 2.75) is 39.3 Å². The molecule has 3 N–H and O–H groups in total. The van der Waals surface area contributed by atoms with Crippen molar-refractivity contribution in [3.8, 4) is 0 Å². The fourth-order valence-electron chi connectivity index (χ4n) is 1.32. The predicted octanol–water partition coefficient (Wildman–Crippen LogP) is 0.594. The van der Waals surface area contributed by atoms with E-state index < -0.39 is 6.10 Å². The molecule has 2 atom stereocenters. The van der Waals surface area contributed by atoms with E-state index in [4.69, 9.17) is 5.73 Å². The minimum absolute atomic E-state index is 0.226. The summed E-state index contributed by atoms with van der Waals surface area (Å²) < 4.78 is 0. The van der Waals surface area contributed by atoms with Crippen LogP contribution in [0.5, 0.6) is 0 Å². The summed E-state index contributed by atoms with van der Waals surface area (Å²) >= 11 is 0. The summed E-state index contributed by atoms with van der Waals surface area (Å²) in [4.78, 5) is 8.54. The van der Waals surface area contributed by atoms with Crippen LogP contribution in [-0.2, 0) is 0 Å². The minimum atomic E-state index is -0.639. The predicted molar refractivity (Wildman–Crippen MR) is 58.8 cm³/mol. The number of aliphatic hydroxyl groups excluding tert-OH is 1. The number of hydrogen-bond acceptors (Lipinski definition) is 4. The summed E-state index contributed by atoms with van der Waals surface area (Å²) in [6, 6.07) is -0.226. The molecule has 0 saturated carbocycles. The van der Waals surface area contributed by atoms with E-state index >= 15 is 0 Å². The molecule has 0 saturated heterocycles. The fraction of sp³-hybridized carbons (Fsp3) is 0.800. The number of nitrogens with two attached hydrogens (primary N) is 1. The van der Waals surface area contributed by atoms with Gasteiger partial charge in [-0.1, -0.05) is 20.8 Å². The highest BCUT2D eigenvalue weighted by molar-refractivity contribution is 6.06. The molecule has 1 aliphatic heterocycles. The van der Waals surface area contributed by atoms with E-state index in [-0.39, 0.29) is 6.04 Å². The lowest BCUT2D eigenvalue weighted by Gasteiger charge is -2.16. The Labute approximate surface area is 84.9 Å². The van der Waals surface area contributed by atoms with Crippen LogP contribution in [0.4, 0.5) is 0 Å². The van der Waals surface area contributed by atoms with Crippen LogP contribution < -0.4 is 5.73 Å². The molecule has 1 heterocycles. The molecule has 0 aromatic rings. The third kappa shape index (κ3) is 2.39. The van der Waals surface area contributed by atoms with Crippen molar-refractivity contribution in [3.05, 3.63) is 0 Å². The molecule has 0 aromatic heterocycles. The second-order valence-corrected chi connectivity index (χ2v) is 3.95. The Hall–Kier alpha value is -0.740. The van der Waals surface area contributed by atoms with Gasteiger partial charge in [-0.25, -0.2) is 4.99 Å². The lowest BCUT2D eigenvalue weighted by molar-refractivity contribution is 0.206. The van der Waals surface area contributed by atoms with E-state index in [0.29, 0.717) is 18.2 Å². The Morgan fingerprint density at radius 1 is 1.50 bits per heavy atom. The van der Waals surface area contributed by atoms with Crippen LogP contribution in [0.3, 0.4) is 0 Å². The van der Waals surface area contributed by atoms with Gasteiger partial charge >= 0.3 is 0 Å². The Bertz CT molecular complexity index is 258. The van der Waals surface area contributed by atoms with E-state index in [2.05, 4.69) is 9.98 Å². The Morgan fingerprint density at radius 2 is 2.14 bits per heavy atom. The van der Waals surface area contributed by atoms with E-state index in [0.717, 1.165) is 12.3 Å². The molecule has 0 spiro atoms. The SMILES string of the molecule is CC[C@H](N)C(O)C1=NC(C(C)C)=NC1. The summed E-state index contributed by atoms with van der Waals surface area (Å²) in [7, 11) is 0. The molecule has 0 radical (unpaired) electrons. The fourth-order valence-corrected chi connectivity index (χ4v) is 1.32. The topological polar surface area (TPSA) is 71.0 Å². The highest BCUT2D eigenvalue weighted by Crippen LogP contribution is 2.10. The molecule has 0 bridgehead atoms. The molecule has 80 valence electrons. The number of hydrogen-bond donors (Lipinski definition) is 2. The Balaban J connectivity index is 2.62. The molecule has 1 unspecified atom stereocenters. The number of amidine groups is 1. The third-order valence-corrected chi connectivity index (χ3v) is 2.40. The molecule has 4 nitrogen and oxygen atoms in total. The normalized spacial score (nSPS) is 20.7. The van der Waals surface area contributed by atoms with E-state index in [1.165, 1.54) is 0 Å². The molecular weight excluding hydrogens is 178 g/mol. The maximum absolute atomic E-state index is 9.79. The third-order valence-electron chi connectivity index (χ3n) is 2.40. The lowest BCUT2D eigenvalue weighted by atomic mass is 10.1. The molecule has 1 aliphatic rings. The van der Waals surface area contributed by atoms with Crippen LogP contribution in [-0.4, -0.2) is 35.3 Å². The van der Waals surface area contributed by atoms with E-state index in [1.807, 2.05) is 20.8 Å². The van der Waals surface area contributed by atoms with Gasteiger partial charge in [0.2, 0.25) is 0 Å². The molecule has 0 fully saturated rings. The number of aliphatic imine (C=N–C) groups is 2. The van der Waals surface area contributed by atoms with Crippen LogP contribution in [0.25, 0.3) is 0 Å². The van der Waals surface area contributed by atoms with Crippen molar-refractivity contribution in [1.82, 2.24) is 0 Å². The lowest BCUT2D eigenvalue weighted by Crippen LogP contribution is -2.40. The van der Waals surface area contributed by atoms with Gasteiger partial charge in [0.05, 0.1) is 12.3 Å². The summed E-state index contributed by atoms with van der Waals surface area (Å²) in [6.07, 6.45) is 0.108. The summed E-state index contributed by atoms with van der Waals surface area (Å²) in [5.74, 6) is 1.14. The van der Waals surface area contributed by atoms with Gasteiger partial charge in [0.15, 0.2) is 0 Å². The average Bonchev–Trinajstić information content (AvgIpc) is 2.64. The van der Waals surface area contributed by atoms with Crippen molar-refractivity contribution in [2.75, 3.05) is 6.54 Å². The van der Waals surface area contributed by atoms with Gasteiger partial charge in [0.25, 0.3) is 0 Å². The van der Waals surface area contributed by atoms with Gasteiger partial charge in [-0.05, 0) is 6.42 Å². The maximum atomic E-state index is 9.79. The molecule has 4 heteroatoms. The Morgan fingerprint density at radius 3 is 2.57 bits per heavy atom. The van der Waals surface area contributed by atoms with Crippen LogP contribution in [0.15, 0.2) is 9.98 Å². The first-order valence-electron chi connectivity index (χ1n) is 5.11. The molecule has 0 amide bonds. The first-order chi connectivity index (χ1) is 6.56. The molecule has 0 aromatic carbocycles.